The Hall–Kier alpha value is -1.60. The van der Waals surface area contributed by atoms with Crippen molar-refractivity contribution in [2.45, 2.75) is 38.4 Å². The molecule has 1 aromatic carbocycles. The van der Waals surface area contributed by atoms with Crippen LogP contribution in [0.4, 0.5) is 13.2 Å². The Labute approximate surface area is 145 Å². The first-order valence-electron chi connectivity index (χ1n) is 8.77. The molecule has 0 aliphatic carbocycles. The average Bonchev–Trinajstić information content (AvgIpc) is 3.00. The van der Waals surface area contributed by atoms with Crippen molar-refractivity contribution in [3.05, 3.63) is 35.4 Å². The molecule has 0 saturated carbocycles. The number of halogens is 3. The van der Waals surface area contributed by atoms with E-state index in [0.717, 1.165) is 31.5 Å². The highest BCUT2D eigenvalue weighted by atomic mass is 19.4. The molecule has 1 amide bonds. The zero-order chi connectivity index (χ0) is 18.0. The maximum Gasteiger partial charge on any atom is 0.416 e. The zero-order valence-electron chi connectivity index (χ0n) is 14.3. The summed E-state index contributed by atoms with van der Waals surface area (Å²) in [5.41, 5.74) is 6.21. The van der Waals surface area contributed by atoms with Gasteiger partial charge in [0.2, 0.25) is 5.91 Å². The maximum atomic E-state index is 12.8. The fraction of sp³-hybridized carbons (Fsp3) is 0.611. The minimum absolute atomic E-state index is 0.0220. The summed E-state index contributed by atoms with van der Waals surface area (Å²) in [5.74, 6) is 1.00. The molecular formula is C18H24F3N3O. The van der Waals surface area contributed by atoms with Crippen LogP contribution in [0.25, 0.3) is 0 Å². The molecule has 2 aliphatic rings. The molecule has 0 aromatic heterocycles. The first-order chi connectivity index (χ1) is 11.8. The van der Waals surface area contributed by atoms with Gasteiger partial charge in [-0.3, -0.25) is 15.6 Å². The third-order valence-corrected chi connectivity index (χ3v) is 5.32. The smallest absolute Gasteiger partial charge is 0.342 e. The van der Waals surface area contributed by atoms with E-state index >= 15 is 0 Å². The number of amides is 1. The van der Waals surface area contributed by atoms with Gasteiger partial charge in [0.05, 0.1) is 12.0 Å². The van der Waals surface area contributed by atoms with Gasteiger partial charge in [-0.05, 0) is 36.3 Å². The quantitative estimate of drug-likeness (QED) is 0.876. The summed E-state index contributed by atoms with van der Waals surface area (Å²) in [6.07, 6.45) is -2.50. The van der Waals surface area contributed by atoms with Gasteiger partial charge in [-0.1, -0.05) is 25.1 Å². The van der Waals surface area contributed by atoms with Crippen LogP contribution in [0.1, 0.15) is 30.9 Å². The van der Waals surface area contributed by atoms with E-state index in [0.29, 0.717) is 36.5 Å². The molecule has 138 valence electrons. The lowest BCUT2D eigenvalue weighted by molar-refractivity contribution is -0.138. The Morgan fingerprint density at radius 2 is 2.00 bits per heavy atom. The number of nitrogens with one attached hydrogen (secondary N) is 2. The van der Waals surface area contributed by atoms with Gasteiger partial charge in [0.25, 0.3) is 0 Å². The lowest BCUT2D eigenvalue weighted by Gasteiger charge is -2.36. The predicted molar refractivity (Wildman–Crippen MR) is 88.5 cm³/mol. The molecule has 2 heterocycles. The van der Waals surface area contributed by atoms with Crippen LogP contribution in [0, 0.1) is 11.8 Å². The van der Waals surface area contributed by atoms with E-state index < -0.39 is 11.7 Å². The lowest BCUT2D eigenvalue weighted by atomic mass is 9.84. The number of piperidine rings is 1. The van der Waals surface area contributed by atoms with Gasteiger partial charge >= 0.3 is 6.18 Å². The van der Waals surface area contributed by atoms with Gasteiger partial charge in [0.15, 0.2) is 0 Å². The third kappa shape index (κ3) is 4.33. The topological polar surface area (TPSA) is 44.4 Å². The van der Waals surface area contributed by atoms with Crippen molar-refractivity contribution in [3.8, 4) is 0 Å². The molecule has 25 heavy (non-hydrogen) atoms. The predicted octanol–water partition coefficient (Wildman–Crippen LogP) is 2.60. The van der Waals surface area contributed by atoms with Gasteiger partial charge in [0, 0.05) is 25.7 Å². The van der Waals surface area contributed by atoms with Crippen LogP contribution >= 0.6 is 0 Å². The summed E-state index contributed by atoms with van der Waals surface area (Å²) in [7, 11) is 0. The Balaban J connectivity index is 1.55. The minimum atomic E-state index is -4.38. The van der Waals surface area contributed by atoms with Crippen molar-refractivity contribution in [3.63, 3.8) is 0 Å². The summed E-state index contributed by atoms with van der Waals surface area (Å²) in [4.78, 5) is 14.2. The summed E-state index contributed by atoms with van der Waals surface area (Å²) in [5, 5.41) is 0. The van der Waals surface area contributed by atoms with Gasteiger partial charge in [-0.25, -0.2) is 0 Å². The fourth-order valence-corrected chi connectivity index (χ4v) is 3.84. The molecule has 7 heteroatoms. The number of benzene rings is 1. The number of rotatable bonds is 3. The lowest BCUT2D eigenvalue weighted by Crippen LogP contribution is -2.46. The number of hydrogen-bond acceptors (Lipinski definition) is 3. The molecule has 0 radical (unpaired) electrons. The second-order valence-corrected chi connectivity index (χ2v) is 7.12. The normalized spacial score (nSPS) is 25.4. The van der Waals surface area contributed by atoms with E-state index in [4.69, 9.17) is 0 Å². The van der Waals surface area contributed by atoms with Crippen LogP contribution in [-0.4, -0.2) is 36.5 Å². The van der Waals surface area contributed by atoms with Crippen LogP contribution in [0.5, 0.6) is 0 Å². The number of hydrogen-bond donors (Lipinski definition) is 2. The van der Waals surface area contributed by atoms with Crippen LogP contribution in [-0.2, 0) is 17.4 Å². The van der Waals surface area contributed by atoms with Crippen molar-refractivity contribution in [1.29, 1.82) is 0 Å². The van der Waals surface area contributed by atoms with E-state index in [2.05, 4.69) is 17.8 Å². The van der Waals surface area contributed by atoms with E-state index in [-0.39, 0.29) is 12.3 Å². The fourth-order valence-electron chi connectivity index (χ4n) is 3.84. The highest BCUT2D eigenvalue weighted by Crippen LogP contribution is 2.30. The first-order valence-corrected chi connectivity index (χ1v) is 8.77. The second kappa shape index (κ2) is 7.33. The number of carbonyl (C=O) groups excluding carboxylic acids is 1. The van der Waals surface area contributed by atoms with Crippen molar-refractivity contribution >= 4 is 5.91 Å². The average molecular weight is 355 g/mol. The van der Waals surface area contributed by atoms with E-state index in [1.165, 1.54) is 6.07 Å². The largest absolute Gasteiger partial charge is 0.416 e. The van der Waals surface area contributed by atoms with E-state index in [1.54, 1.807) is 11.0 Å². The molecule has 2 atom stereocenters. The second-order valence-electron chi connectivity index (χ2n) is 7.12. The number of nitrogens with zero attached hydrogens (tertiary/aromatic N) is 1. The molecule has 2 saturated heterocycles. The van der Waals surface area contributed by atoms with Gasteiger partial charge in [-0.2, -0.15) is 13.2 Å². The van der Waals surface area contributed by atoms with E-state index in [9.17, 15) is 18.0 Å². The molecule has 0 spiro atoms. The molecule has 2 fully saturated rings. The van der Waals surface area contributed by atoms with Crippen molar-refractivity contribution in [2.75, 3.05) is 19.6 Å². The van der Waals surface area contributed by atoms with Gasteiger partial charge in [0.1, 0.15) is 0 Å². The van der Waals surface area contributed by atoms with Crippen molar-refractivity contribution < 1.29 is 18.0 Å². The van der Waals surface area contributed by atoms with Crippen molar-refractivity contribution in [2.24, 2.45) is 11.8 Å². The molecule has 1 aromatic rings. The Morgan fingerprint density at radius 1 is 1.28 bits per heavy atom. The number of carbonyl (C=O) groups is 1. The Bertz CT molecular complexity index is 612. The summed E-state index contributed by atoms with van der Waals surface area (Å²) in [6.45, 7) is 4.52. The maximum absolute atomic E-state index is 12.8. The molecular weight excluding hydrogens is 331 g/mol. The molecule has 3 rings (SSSR count). The number of hydrazine groups is 1. The minimum Gasteiger partial charge on any atom is -0.342 e. The molecule has 2 unspecified atom stereocenters. The zero-order valence-corrected chi connectivity index (χ0v) is 14.3. The third-order valence-electron chi connectivity index (χ3n) is 5.32. The van der Waals surface area contributed by atoms with E-state index in [1.807, 2.05) is 0 Å². The number of alkyl halides is 3. The van der Waals surface area contributed by atoms with Gasteiger partial charge < -0.3 is 4.90 Å². The van der Waals surface area contributed by atoms with Crippen LogP contribution < -0.4 is 10.9 Å². The highest BCUT2D eigenvalue weighted by Gasteiger charge is 2.34. The summed E-state index contributed by atoms with van der Waals surface area (Å²) in [6, 6.07) is 5.47. The summed E-state index contributed by atoms with van der Waals surface area (Å²) < 4.78 is 38.3. The highest BCUT2D eigenvalue weighted by molar-refractivity contribution is 5.78. The van der Waals surface area contributed by atoms with Gasteiger partial charge in [-0.15, -0.1) is 0 Å². The van der Waals surface area contributed by atoms with Crippen LogP contribution in [0.15, 0.2) is 24.3 Å². The molecule has 0 bridgehead atoms. The monoisotopic (exact) mass is 355 g/mol. The Kier molecular flexibility index (Phi) is 5.34. The first kappa shape index (κ1) is 18.2. The standard InChI is InChI=1S/C18H24F3N3O/c1-12-11-22-23-17(12)14-5-7-24(8-6-14)16(25)10-13-3-2-4-15(9-13)18(19,20)21/h2-4,9,12,14,17,22-23H,5-8,10-11H2,1H3. The van der Waals surface area contributed by atoms with Crippen LogP contribution in [0.3, 0.4) is 0 Å². The van der Waals surface area contributed by atoms with Crippen molar-refractivity contribution in [1.82, 2.24) is 15.8 Å². The molecule has 2 N–H and O–H groups in total. The number of likely N-dealkylation sites (tertiary alicyclic amines) is 1. The summed E-state index contributed by atoms with van der Waals surface area (Å²) >= 11 is 0. The SMILES string of the molecule is CC1CNNC1C1CCN(C(=O)Cc2cccc(C(F)(F)F)c2)CC1. The Morgan fingerprint density at radius 3 is 2.60 bits per heavy atom. The molecule has 2 aliphatic heterocycles. The molecule has 4 nitrogen and oxygen atoms in total. The van der Waals surface area contributed by atoms with Crippen LogP contribution in [0.2, 0.25) is 0 Å².